The van der Waals surface area contributed by atoms with E-state index in [1.165, 1.54) is 0 Å². The van der Waals surface area contributed by atoms with E-state index in [-0.39, 0.29) is 17.7 Å². The van der Waals surface area contributed by atoms with E-state index in [4.69, 9.17) is 0 Å². The molecule has 0 atom stereocenters. The highest BCUT2D eigenvalue weighted by atomic mass is 32.2. The van der Waals surface area contributed by atoms with Gasteiger partial charge in [-0.25, -0.2) is 18.1 Å². The van der Waals surface area contributed by atoms with Crippen LogP contribution in [0, 0.1) is 0 Å². The van der Waals surface area contributed by atoms with E-state index in [0.717, 1.165) is 27.9 Å². The molecule has 6 rings (SSSR count). The van der Waals surface area contributed by atoms with Gasteiger partial charge in [0.1, 0.15) is 0 Å². The number of fused-ring (bicyclic) bond motifs is 2. The Hall–Kier alpha value is -4.67. The van der Waals surface area contributed by atoms with Crippen LogP contribution in [0.1, 0.15) is 11.1 Å². The predicted octanol–water partition coefficient (Wildman–Crippen LogP) is 4.16. The summed E-state index contributed by atoms with van der Waals surface area (Å²) in [5, 5.41) is 5.81. The van der Waals surface area contributed by atoms with Gasteiger partial charge in [0.15, 0.2) is 5.43 Å². The molecule has 0 aliphatic rings. The van der Waals surface area contributed by atoms with Gasteiger partial charge in [-0.05, 0) is 34.7 Å². The minimum absolute atomic E-state index is 0.159. The van der Waals surface area contributed by atoms with Crippen molar-refractivity contribution < 1.29 is 8.42 Å². The van der Waals surface area contributed by atoms with Crippen molar-refractivity contribution in [2.75, 3.05) is 0 Å². The Bertz CT molecular complexity index is 1980. The van der Waals surface area contributed by atoms with Crippen LogP contribution in [0.5, 0.6) is 0 Å². The van der Waals surface area contributed by atoms with Gasteiger partial charge in [-0.2, -0.15) is 5.10 Å². The number of rotatable bonds is 7. The molecule has 39 heavy (non-hydrogen) atoms. The molecule has 0 aliphatic heterocycles. The molecule has 3 aromatic heterocycles. The molecule has 3 heterocycles. The highest BCUT2D eigenvalue weighted by Crippen LogP contribution is 2.23. The molecule has 0 amide bonds. The van der Waals surface area contributed by atoms with E-state index in [1.54, 1.807) is 53.9 Å². The molecule has 0 saturated heterocycles. The fourth-order valence-corrected chi connectivity index (χ4v) is 5.65. The number of H-pyrrole nitrogens is 1. The Balaban J connectivity index is 1.26. The number of nitrogens with zero attached hydrogens (tertiary/aromatic N) is 4. The molecule has 0 saturated carbocycles. The molecule has 10 heteroatoms. The number of sulfonamides is 1. The number of imidazole rings is 1. The molecule has 0 bridgehead atoms. The highest BCUT2D eigenvalue weighted by molar-refractivity contribution is 7.88. The molecule has 0 fully saturated rings. The second kappa shape index (κ2) is 9.90. The Morgan fingerprint density at radius 3 is 2.41 bits per heavy atom. The van der Waals surface area contributed by atoms with Crippen LogP contribution in [0.15, 0.2) is 96.6 Å². The number of pyridine rings is 1. The number of hydrogen-bond acceptors (Lipinski definition) is 6. The maximum atomic E-state index is 13.6. The summed E-state index contributed by atoms with van der Waals surface area (Å²) < 4.78 is 30.2. The van der Waals surface area contributed by atoms with Crippen molar-refractivity contribution in [2.45, 2.75) is 12.3 Å². The Labute approximate surface area is 224 Å². The molecule has 3 aromatic carbocycles. The molecule has 0 spiro atoms. The molecular weight excluding hydrogens is 512 g/mol. The molecule has 2 N–H and O–H groups in total. The summed E-state index contributed by atoms with van der Waals surface area (Å²) in [6.07, 6.45) is 8.71. The second-order valence-electron chi connectivity index (χ2n) is 9.38. The maximum absolute atomic E-state index is 13.6. The number of aromatic nitrogens is 5. The van der Waals surface area contributed by atoms with E-state index >= 15 is 0 Å². The lowest BCUT2D eigenvalue weighted by Crippen LogP contribution is -2.24. The fraction of sp³-hybridized carbons (Fsp3) is 0.103. The number of aryl methyl sites for hydroxylation is 1. The maximum Gasteiger partial charge on any atom is 0.216 e. The average molecular weight is 537 g/mol. The third kappa shape index (κ3) is 5.20. The van der Waals surface area contributed by atoms with E-state index in [1.807, 2.05) is 49.6 Å². The monoisotopic (exact) mass is 536 g/mol. The minimum Gasteiger partial charge on any atom is -0.351 e. The standard InChI is InChI=1S/C29H24N6O3S/c1-35-16-24(14-33-35)23-11-26-27(31-13-23)9-8-21-5-4-20(10-25(21)29(26)36)17-39(37,38)34-12-19-2-6-22(7-3-19)28-15-30-18-32-28/h2-11,13-16,18,34H,12,17H2,1H3,(H,30,32). The summed E-state index contributed by atoms with van der Waals surface area (Å²) in [4.78, 5) is 25.2. The van der Waals surface area contributed by atoms with Gasteiger partial charge in [0.2, 0.25) is 10.0 Å². The molecular formula is C29H24N6O3S. The first-order valence-electron chi connectivity index (χ1n) is 12.2. The van der Waals surface area contributed by atoms with Crippen molar-refractivity contribution in [3.8, 4) is 22.4 Å². The van der Waals surface area contributed by atoms with Gasteiger partial charge in [0.25, 0.3) is 0 Å². The normalized spacial score (nSPS) is 11.8. The largest absolute Gasteiger partial charge is 0.351 e. The summed E-state index contributed by atoms with van der Waals surface area (Å²) in [6.45, 7) is 0.159. The zero-order chi connectivity index (χ0) is 27.0. The van der Waals surface area contributed by atoms with Crippen LogP contribution in [-0.4, -0.2) is 33.2 Å². The number of benzene rings is 2. The van der Waals surface area contributed by atoms with Crippen LogP contribution in [0.25, 0.3) is 44.1 Å². The Morgan fingerprint density at radius 2 is 1.67 bits per heavy atom. The van der Waals surface area contributed by atoms with Crippen molar-refractivity contribution in [3.63, 3.8) is 0 Å². The molecule has 6 aromatic rings. The van der Waals surface area contributed by atoms with Crippen LogP contribution in [-0.2, 0) is 29.4 Å². The lowest BCUT2D eigenvalue weighted by atomic mass is 10.1. The summed E-state index contributed by atoms with van der Waals surface area (Å²) in [5.41, 5.74) is 5.12. The van der Waals surface area contributed by atoms with E-state index in [9.17, 15) is 13.2 Å². The molecule has 9 nitrogen and oxygen atoms in total. The average Bonchev–Trinajstić information content (AvgIpc) is 3.61. The number of hydrogen-bond donors (Lipinski definition) is 2. The van der Waals surface area contributed by atoms with Crippen molar-refractivity contribution >= 4 is 31.7 Å². The highest BCUT2D eigenvalue weighted by Gasteiger charge is 2.14. The van der Waals surface area contributed by atoms with Gasteiger partial charge in [-0.15, -0.1) is 0 Å². The van der Waals surface area contributed by atoms with Crippen molar-refractivity contribution in [2.24, 2.45) is 7.05 Å². The fourth-order valence-electron chi connectivity index (χ4n) is 4.54. The molecule has 194 valence electrons. The third-order valence-corrected chi connectivity index (χ3v) is 7.88. The van der Waals surface area contributed by atoms with Crippen molar-refractivity contribution in [1.29, 1.82) is 0 Å². The first kappa shape index (κ1) is 24.7. The van der Waals surface area contributed by atoms with E-state index in [2.05, 4.69) is 24.8 Å². The quantitative estimate of drug-likeness (QED) is 0.316. The van der Waals surface area contributed by atoms with Crippen molar-refractivity contribution in [1.82, 2.24) is 29.5 Å². The molecule has 0 radical (unpaired) electrons. The van der Waals surface area contributed by atoms with Crippen LogP contribution in [0.3, 0.4) is 0 Å². The number of aromatic amines is 1. The van der Waals surface area contributed by atoms with Gasteiger partial charge in [0.05, 0.1) is 29.5 Å². The zero-order valence-corrected chi connectivity index (χ0v) is 21.8. The smallest absolute Gasteiger partial charge is 0.216 e. The topological polar surface area (TPSA) is 123 Å². The van der Waals surface area contributed by atoms with Crippen LogP contribution in [0.2, 0.25) is 0 Å². The SMILES string of the molecule is Cn1cc(-c2cnc3ccc4ccc(CS(=O)(=O)NCc5ccc(-c6c[nH]cn6)cc5)cc4c(=O)c3c2)cn1. The van der Waals surface area contributed by atoms with E-state index < -0.39 is 10.0 Å². The Kier molecular flexibility index (Phi) is 6.26. The number of nitrogens with one attached hydrogen (secondary N) is 2. The van der Waals surface area contributed by atoms with Crippen LogP contribution >= 0.6 is 0 Å². The molecule has 0 unspecified atom stereocenters. The summed E-state index contributed by atoms with van der Waals surface area (Å²) in [6, 6.07) is 18.1. The third-order valence-electron chi connectivity index (χ3n) is 6.59. The lowest BCUT2D eigenvalue weighted by Gasteiger charge is -2.08. The first-order valence-corrected chi connectivity index (χ1v) is 13.9. The van der Waals surface area contributed by atoms with Gasteiger partial charge in [-0.3, -0.25) is 14.5 Å². The van der Waals surface area contributed by atoms with Crippen LogP contribution < -0.4 is 10.2 Å². The van der Waals surface area contributed by atoms with Gasteiger partial charge in [0, 0.05) is 59.6 Å². The van der Waals surface area contributed by atoms with Gasteiger partial charge < -0.3 is 4.98 Å². The van der Waals surface area contributed by atoms with Gasteiger partial charge >= 0.3 is 0 Å². The Morgan fingerprint density at radius 1 is 0.872 bits per heavy atom. The second-order valence-corrected chi connectivity index (χ2v) is 11.2. The van der Waals surface area contributed by atoms with Crippen LogP contribution in [0.4, 0.5) is 0 Å². The van der Waals surface area contributed by atoms with E-state index in [0.29, 0.717) is 27.2 Å². The van der Waals surface area contributed by atoms with Gasteiger partial charge in [-0.1, -0.05) is 42.5 Å². The first-order chi connectivity index (χ1) is 18.8. The summed E-state index contributed by atoms with van der Waals surface area (Å²) in [7, 11) is -1.83. The molecule has 0 aliphatic carbocycles. The zero-order valence-electron chi connectivity index (χ0n) is 21.0. The van der Waals surface area contributed by atoms with Crippen molar-refractivity contribution in [3.05, 3.63) is 113 Å². The summed E-state index contributed by atoms with van der Waals surface area (Å²) in [5.74, 6) is -0.247. The predicted molar refractivity (Wildman–Crippen MR) is 151 cm³/mol. The lowest BCUT2D eigenvalue weighted by molar-refractivity contribution is 0.580. The minimum atomic E-state index is -3.66. The summed E-state index contributed by atoms with van der Waals surface area (Å²) >= 11 is 0.